The molecular formula is C15H16N6O. The lowest BCUT2D eigenvalue weighted by atomic mass is 9.98. The Kier molecular flexibility index (Phi) is 2.92. The summed E-state index contributed by atoms with van der Waals surface area (Å²) in [4.78, 5) is 22.3. The zero-order valence-electron chi connectivity index (χ0n) is 12.2. The Morgan fingerprint density at radius 2 is 2.32 bits per heavy atom. The second kappa shape index (κ2) is 4.94. The minimum absolute atomic E-state index is 0.0301. The standard InChI is InChI=1S/C15H16N6O/c1-16-15(22)21-5-3-9(8-21)13-12-10(7-19-20-13)6-18-14-11(12)2-4-17-14/h2,4,6-7,9,20H,3,5,8H2,1H3,(H,16,22). The van der Waals surface area contributed by atoms with Gasteiger partial charge in [0, 0.05) is 60.3 Å². The van der Waals surface area contributed by atoms with Gasteiger partial charge in [-0.1, -0.05) is 0 Å². The van der Waals surface area contributed by atoms with Crippen LogP contribution >= 0.6 is 0 Å². The van der Waals surface area contributed by atoms with Gasteiger partial charge in [0.2, 0.25) is 0 Å². The summed E-state index contributed by atoms with van der Waals surface area (Å²) in [5, 5.41) is 13.2. The van der Waals surface area contributed by atoms with Crippen LogP contribution in [0, 0.1) is 0 Å². The lowest BCUT2D eigenvalue weighted by Gasteiger charge is -2.16. The van der Waals surface area contributed by atoms with Crippen molar-refractivity contribution in [2.75, 3.05) is 20.1 Å². The summed E-state index contributed by atoms with van der Waals surface area (Å²) in [6, 6.07) is 1.95. The van der Waals surface area contributed by atoms with Gasteiger partial charge in [0.15, 0.2) is 5.65 Å². The Morgan fingerprint density at radius 3 is 3.18 bits per heavy atom. The molecule has 2 amide bonds. The van der Waals surface area contributed by atoms with Gasteiger partial charge in [-0.05, 0) is 12.5 Å². The zero-order valence-corrected chi connectivity index (χ0v) is 12.2. The first-order chi connectivity index (χ1) is 10.8. The number of amides is 2. The van der Waals surface area contributed by atoms with Crippen molar-refractivity contribution in [1.82, 2.24) is 30.4 Å². The van der Waals surface area contributed by atoms with Crippen LogP contribution in [0.1, 0.15) is 18.0 Å². The summed E-state index contributed by atoms with van der Waals surface area (Å²) in [5.41, 5.74) is 1.80. The summed E-state index contributed by atoms with van der Waals surface area (Å²) < 4.78 is 0. The molecule has 1 fully saturated rings. The maximum Gasteiger partial charge on any atom is 0.317 e. The highest BCUT2D eigenvalue weighted by molar-refractivity contribution is 6.05. The van der Waals surface area contributed by atoms with E-state index in [-0.39, 0.29) is 11.9 Å². The molecule has 7 heteroatoms. The van der Waals surface area contributed by atoms with E-state index in [0.717, 1.165) is 40.5 Å². The van der Waals surface area contributed by atoms with Gasteiger partial charge >= 0.3 is 6.03 Å². The first kappa shape index (κ1) is 13.0. The van der Waals surface area contributed by atoms with Crippen molar-refractivity contribution in [3.63, 3.8) is 0 Å². The van der Waals surface area contributed by atoms with Crippen LogP contribution < -0.4 is 5.32 Å². The molecule has 0 aromatic carbocycles. The van der Waals surface area contributed by atoms with Gasteiger partial charge in [-0.2, -0.15) is 5.10 Å². The zero-order chi connectivity index (χ0) is 15.1. The van der Waals surface area contributed by atoms with Crippen molar-refractivity contribution < 1.29 is 4.79 Å². The number of nitrogens with zero attached hydrogens (tertiary/aromatic N) is 4. The number of carbonyl (C=O) groups excluding carboxylic acids is 1. The van der Waals surface area contributed by atoms with Crippen LogP contribution in [-0.2, 0) is 0 Å². The van der Waals surface area contributed by atoms with Crippen LogP contribution in [0.5, 0.6) is 0 Å². The molecule has 0 spiro atoms. The molecule has 22 heavy (non-hydrogen) atoms. The predicted molar refractivity (Wildman–Crippen MR) is 82.6 cm³/mol. The predicted octanol–water partition coefficient (Wildman–Crippen LogP) is 1.63. The smallest absolute Gasteiger partial charge is 0.317 e. The number of hydrogen-bond donors (Lipinski definition) is 2. The maximum atomic E-state index is 11.8. The van der Waals surface area contributed by atoms with Crippen molar-refractivity contribution in [1.29, 1.82) is 0 Å². The van der Waals surface area contributed by atoms with Crippen molar-refractivity contribution in [3.05, 3.63) is 30.4 Å². The van der Waals surface area contributed by atoms with E-state index >= 15 is 0 Å². The highest BCUT2D eigenvalue weighted by Crippen LogP contribution is 2.33. The van der Waals surface area contributed by atoms with Gasteiger partial charge in [0.05, 0.1) is 6.20 Å². The molecular weight excluding hydrogens is 280 g/mol. The molecule has 4 rings (SSSR count). The van der Waals surface area contributed by atoms with Crippen LogP contribution in [0.2, 0.25) is 0 Å². The van der Waals surface area contributed by atoms with Crippen LogP contribution in [0.25, 0.3) is 21.8 Å². The molecule has 1 unspecified atom stereocenters. The van der Waals surface area contributed by atoms with Gasteiger partial charge in [-0.15, -0.1) is 0 Å². The van der Waals surface area contributed by atoms with E-state index < -0.39 is 0 Å². The molecule has 1 aliphatic heterocycles. The van der Waals surface area contributed by atoms with E-state index in [1.165, 1.54) is 0 Å². The summed E-state index contributed by atoms with van der Waals surface area (Å²) >= 11 is 0. The number of urea groups is 1. The maximum absolute atomic E-state index is 11.8. The molecule has 3 aromatic heterocycles. The third kappa shape index (κ3) is 1.89. The summed E-state index contributed by atoms with van der Waals surface area (Å²) in [6.45, 7) is 1.44. The SMILES string of the molecule is CNC(=O)N1CCC(c2[nH]ncc3cnc4nccc4c23)C1. The fraction of sp³-hybridized carbons (Fsp3) is 0.333. The summed E-state index contributed by atoms with van der Waals surface area (Å²) in [5.74, 6) is 0.244. The number of aromatic nitrogens is 4. The van der Waals surface area contributed by atoms with Crippen molar-refractivity contribution in [2.45, 2.75) is 12.3 Å². The van der Waals surface area contributed by atoms with E-state index in [9.17, 15) is 4.79 Å². The first-order valence-electron chi connectivity index (χ1n) is 7.31. The van der Waals surface area contributed by atoms with Gasteiger partial charge in [0.25, 0.3) is 0 Å². The Hall–Kier alpha value is -2.70. The Balaban J connectivity index is 1.82. The highest BCUT2D eigenvalue weighted by Gasteiger charge is 2.29. The lowest BCUT2D eigenvalue weighted by Crippen LogP contribution is -2.36. The Labute approximate surface area is 126 Å². The van der Waals surface area contributed by atoms with E-state index in [1.807, 2.05) is 11.0 Å². The molecule has 112 valence electrons. The lowest BCUT2D eigenvalue weighted by molar-refractivity contribution is 0.210. The average Bonchev–Trinajstić information content (AvgIpc) is 3.22. The number of nitrogens with one attached hydrogen (secondary N) is 2. The van der Waals surface area contributed by atoms with Crippen LogP contribution in [0.4, 0.5) is 4.79 Å². The quantitative estimate of drug-likeness (QED) is 0.714. The number of carbonyl (C=O) groups is 1. The normalized spacial score (nSPS) is 18.2. The van der Waals surface area contributed by atoms with Crippen molar-refractivity contribution >= 4 is 27.8 Å². The highest BCUT2D eigenvalue weighted by atomic mass is 16.2. The Morgan fingerprint density at radius 1 is 1.41 bits per heavy atom. The van der Waals surface area contributed by atoms with E-state index in [1.54, 1.807) is 25.6 Å². The third-order valence-corrected chi connectivity index (χ3v) is 4.32. The van der Waals surface area contributed by atoms with Gasteiger partial charge in [0.1, 0.15) is 0 Å². The Bertz CT molecular complexity index is 857. The molecule has 1 atom stereocenters. The largest absolute Gasteiger partial charge is 0.341 e. The fourth-order valence-corrected chi connectivity index (χ4v) is 3.23. The number of aromatic amines is 1. The van der Waals surface area contributed by atoms with Gasteiger partial charge in [-0.25, -0.2) is 14.8 Å². The molecule has 1 saturated heterocycles. The average molecular weight is 296 g/mol. The fourth-order valence-electron chi connectivity index (χ4n) is 3.23. The van der Waals surface area contributed by atoms with E-state index in [0.29, 0.717) is 6.54 Å². The number of H-pyrrole nitrogens is 1. The molecule has 0 saturated carbocycles. The van der Waals surface area contributed by atoms with Crippen molar-refractivity contribution in [2.24, 2.45) is 0 Å². The third-order valence-electron chi connectivity index (χ3n) is 4.32. The first-order valence-corrected chi connectivity index (χ1v) is 7.31. The monoisotopic (exact) mass is 296 g/mol. The second-order valence-corrected chi connectivity index (χ2v) is 5.54. The molecule has 2 N–H and O–H groups in total. The number of fused-ring (bicyclic) bond motifs is 3. The van der Waals surface area contributed by atoms with Crippen LogP contribution in [0.3, 0.4) is 0 Å². The molecule has 4 heterocycles. The van der Waals surface area contributed by atoms with E-state index in [4.69, 9.17) is 0 Å². The molecule has 0 aliphatic carbocycles. The topological polar surface area (TPSA) is 86.8 Å². The summed E-state index contributed by atoms with van der Waals surface area (Å²) in [6.07, 6.45) is 6.28. The number of rotatable bonds is 1. The molecule has 0 bridgehead atoms. The van der Waals surface area contributed by atoms with Crippen LogP contribution in [-0.4, -0.2) is 51.2 Å². The minimum atomic E-state index is -0.0301. The molecule has 1 aliphatic rings. The summed E-state index contributed by atoms with van der Waals surface area (Å²) in [7, 11) is 1.66. The molecule has 7 nitrogen and oxygen atoms in total. The number of hydrogen-bond acceptors (Lipinski definition) is 4. The number of pyridine rings is 1. The van der Waals surface area contributed by atoms with E-state index in [2.05, 4.69) is 25.5 Å². The minimum Gasteiger partial charge on any atom is -0.341 e. The van der Waals surface area contributed by atoms with Crippen LogP contribution in [0.15, 0.2) is 24.7 Å². The second-order valence-electron chi connectivity index (χ2n) is 5.54. The van der Waals surface area contributed by atoms with Crippen molar-refractivity contribution in [3.8, 4) is 0 Å². The van der Waals surface area contributed by atoms with Gasteiger partial charge < -0.3 is 10.2 Å². The number of likely N-dealkylation sites (tertiary alicyclic amines) is 1. The molecule has 3 aromatic rings. The van der Waals surface area contributed by atoms with Gasteiger partial charge in [-0.3, -0.25) is 5.10 Å². The molecule has 0 radical (unpaired) electrons.